The number of carbonyl (C=O) groups is 1. The smallest absolute Gasteiger partial charge is 0.422 e. The van der Waals surface area contributed by atoms with E-state index in [-0.39, 0.29) is 6.10 Å². The van der Waals surface area contributed by atoms with Gasteiger partial charge in [0, 0.05) is 12.1 Å². The number of benzene rings is 1. The highest BCUT2D eigenvalue weighted by molar-refractivity contribution is 5.77. The van der Waals surface area contributed by atoms with Crippen LogP contribution in [-0.4, -0.2) is 18.2 Å². The Kier molecular flexibility index (Phi) is 5.23. The second-order valence-corrected chi connectivity index (χ2v) is 5.29. The fraction of sp³-hybridized carbons (Fsp3) is 0.533. The van der Waals surface area contributed by atoms with Crippen molar-refractivity contribution in [2.75, 3.05) is 0 Å². The van der Waals surface area contributed by atoms with Crippen LogP contribution in [0.5, 0.6) is 5.75 Å². The monoisotopic (exact) mass is 338 g/mol. The molecule has 1 heterocycles. The number of halogens is 5. The van der Waals surface area contributed by atoms with E-state index in [4.69, 9.17) is 9.47 Å². The van der Waals surface area contributed by atoms with E-state index in [0.29, 0.717) is 25.0 Å². The molecule has 0 bridgehead atoms. The minimum absolute atomic E-state index is 0.0846. The Balaban J connectivity index is 2.08. The highest BCUT2D eigenvalue weighted by Gasteiger charge is 2.38. The van der Waals surface area contributed by atoms with Crippen molar-refractivity contribution in [3.8, 4) is 5.75 Å². The molecule has 0 N–H and O–H groups in total. The summed E-state index contributed by atoms with van der Waals surface area (Å²) in [4.78, 5) is 11.9. The van der Waals surface area contributed by atoms with Crippen molar-refractivity contribution >= 4 is 5.97 Å². The normalized spacial score (nSPS) is 21.5. The van der Waals surface area contributed by atoms with Gasteiger partial charge in [0.25, 0.3) is 0 Å². The fourth-order valence-corrected chi connectivity index (χ4v) is 2.47. The van der Waals surface area contributed by atoms with E-state index in [1.54, 1.807) is 0 Å². The summed E-state index contributed by atoms with van der Waals surface area (Å²) in [5.74, 6) is -5.17. The third kappa shape index (κ3) is 4.19. The van der Waals surface area contributed by atoms with Crippen LogP contribution in [0, 0.1) is 11.6 Å². The number of rotatable bonds is 4. The average Bonchev–Trinajstić information content (AvgIpc) is 2.85. The Morgan fingerprint density at radius 2 is 1.87 bits per heavy atom. The highest BCUT2D eigenvalue weighted by atomic mass is 19.4. The standard InChI is InChI=1S/C15H15F5O3/c1-2-3-8-4-5-12(22-8)14(21)23-9-6-10(16)13(11(17)7-9)15(18,19)20/h6-8,12H,2-5H2,1H3. The van der Waals surface area contributed by atoms with Gasteiger partial charge in [-0.15, -0.1) is 0 Å². The van der Waals surface area contributed by atoms with Gasteiger partial charge in [-0.3, -0.25) is 0 Å². The number of hydrogen-bond donors (Lipinski definition) is 0. The number of ether oxygens (including phenoxy) is 2. The van der Waals surface area contributed by atoms with Gasteiger partial charge in [-0.05, 0) is 19.3 Å². The van der Waals surface area contributed by atoms with Gasteiger partial charge in [-0.1, -0.05) is 13.3 Å². The lowest BCUT2D eigenvalue weighted by molar-refractivity contribution is -0.146. The van der Waals surface area contributed by atoms with Crippen molar-refractivity contribution in [3.05, 3.63) is 29.3 Å². The second-order valence-electron chi connectivity index (χ2n) is 5.29. The van der Waals surface area contributed by atoms with Crippen LogP contribution in [-0.2, 0) is 15.7 Å². The van der Waals surface area contributed by atoms with Crippen molar-refractivity contribution in [2.45, 2.75) is 51.0 Å². The summed E-state index contributed by atoms with van der Waals surface area (Å²) in [6.45, 7) is 1.96. The molecule has 1 saturated heterocycles. The lowest BCUT2D eigenvalue weighted by Crippen LogP contribution is -2.26. The summed E-state index contributed by atoms with van der Waals surface area (Å²) in [6.07, 6.45) is -3.43. The number of carbonyl (C=O) groups excluding carboxylic acids is 1. The van der Waals surface area contributed by atoms with Crippen LogP contribution in [0.3, 0.4) is 0 Å². The van der Waals surface area contributed by atoms with Crippen molar-refractivity contribution < 1.29 is 36.2 Å². The van der Waals surface area contributed by atoms with Gasteiger partial charge in [0.05, 0.1) is 6.10 Å². The first-order chi connectivity index (χ1) is 10.7. The average molecular weight is 338 g/mol. The molecule has 2 atom stereocenters. The minimum atomic E-state index is -5.17. The van der Waals surface area contributed by atoms with Gasteiger partial charge in [-0.25, -0.2) is 13.6 Å². The minimum Gasteiger partial charge on any atom is -0.424 e. The molecule has 3 nitrogen and oxygen atoms in total. The lowest BCUT2D eigenvalue weighted by Gasteiger charge is -2.14. The molecule has 0 radical (unpaired) electrons. The molecule has 0 saturated carbocycles. The predicted octanol–water partition coefficient (Wildman–Crippen LogP) is 4.24. The zero-order valence-electron chi connectivity index (χ0n) is 12.3. The van der Waals surface area contributed by atoms with Crippen LogP contribution in [0.25, 0.3) is 0 Å². The SMILES string of the molecule is CCCC1CCC(C(=O)Oc2cc(F)c(C(F)(F)F)c(F)c2)O1. The first-order valence-corrected chi connectivity index (χ1v) is 7.15. The largest absolute Gasteiger partial charge is 0.424 e. The predicted molar refractivity (Wildman–Crippen MR) is 69.8 cm³/mol. The summed E-state index contributed by atoms with van der Waals surface area (Å²) in [5, 5.41) is 0. The van der Waals surface area contributed by atoms with Gasteiger partial charge >= 0.3 is 12.1 Å². The molecule has 1 aliphatic rings. The van der Waals surface area contributed by atoms with E-state index in [2.05, 4.69) is 0 Å². The van der Waals surface area contributed by atoms with Crippen LogP contribution in [0.2, 0.25) is 0 Å². The lowest BCUT2D eigenvalue weighted by atomic mass is 10.1. The van der Waals surface area contributed by atoms with Gasteiger partial charge in [0.15, 0.2) is 6.10 Å². The molecule has 0 aromatic heterocycles. The molecule has 8 heteroatoms. The van der Waals surface area contributed by atoms with E-state index < -0.39 is 41.2 Å². The Hall–Kier alpha value is -1.70. The Morgan fingerprint density at radius 1 is 1.26 bits per heavy atom. The molecule has 0 aliphatic carbocycles. The molecule has 1 aliphatic heterocycles. The quantitative estimate of drug-likeness (QED) is 0.468. The number of hydrogen-bond acceptors (Lipinski definition) is 3. The third-order valence-electron chi connectivity index (χ3n) is 3.50. The van der Waals surface area contributed by atoms with Gasteiger partial charge in [0.2, 0.25) is 0 Å². The Bertz CT molecular complexity index is 562. The van der Waals surface area contributed by atoms with Crippen LogP contribution < -0.4 is 4.74 Å². The maximum Gasteiger partial charge on any atom is 0.422 e. The van der Waals surface area contributed by atoms with Crippen molar-refractivity contribution in [3.63, 3.8) is 0 Å². The van der Waals surface area contributed by atoms with Crippen molar-refractivity contribution in [2.24, 2.45) is 0 Å². The molecule has 128 valence electrons. The summed E-state index contributed by atoms with van der Waals surface area (Å²) in [5.41, 5.74) is -2.02. The molecule has 23 heavy (non-hydrogen) atoms. The van der Waals surface area contributed by atoms with Crippen LogP contribution in [0.15, 0.2) is 12.1 Å². The summed E-state index contributed by atoms with van der Waals surface area (Å²) in [6, 6.07) is 0.671. The number of alkyl halides is 3. The first-order valence-electron chi connectivity index (χ1n) is 7.15. The second kappa shape index (κ2) is 6.82. The van der Waals surface area contributed by atoms with Gasteiger partial charge in [-0.2, -0.15) is 13.2 Å². The first kappa shape index (κ1) is 17.7. The Labute approximate surface area is 129 Å². The maximum atomic E-state index is 13.4. The fourth-order valence-electron chi connectivity index (χ4n) is 2.47. The van der Waals surface area contributed by atoms with Gasteiger partial charge < -0.3 is 9.47 Å². The molecule has 2 rings (SSSR count). The summed E-state index contributed by atoms with van der Waals surface area (Å²) < 4.78 is 74.4. The molecule has 2 unspecified atom stereocenters. The molecule has 0 amide bonds. The van der Waals surface area contributed by atoms with E-state index >= 15 is 0 Å². The zero-order valence-corrected chi connectivity index (χ0v) is 12.3. The topological polar surface area (TPSA) is 35.5 Å². The highest BCUT2D eigenvalue weighted by Crippen LogP contribution is 2.35. The van der Waals surface area contributed by atoms with E-state index in [1.807, 2.05) is 6.92 Å². The van der Waals surface area contributed by atoms with Crippen LogP contribution in [0.4, 0.5) is 22.0 Å². The van der Waals surface area contributed by atoms with Crippen LogP contribution in [0.1, 0.15) is 38.2 Å². The van der Waals surface area contributed by atoms with E-state index in [0.717, 1.165) is 12.8 Å². The molecular formula is C15H15F5O3. The molecule has 0 spiro atoms. The molecule has 1 aromatic carbocycles. The van der Waals surface area contributed by atoms with E-state index in [9.17, 15) is 26.7 Å². The van der Waals surface area contributed by atoms with E-state index in [1.165, 1.54) is 0 Å². The summed E-state index contributed by atoms with van der Waals surface area (Å²) in [7, 11) is 0. The van der Waals surface area contributed by atoms with Gasteiger partial charge in [0.1, 0.15) is 22.9 Å². The van der Waals surface area contributed by atoms with Crippen LogP contribution >= 0.6 is 0 Å². The zero-order chi connectivity index (χ0) is 17.2. The molecule has 1 fully saturated rings. The van der Waals surface area contributed by atoms with Crippen molar-refractivity contribution in [1.29, 1.82) is 0 Å². The van der Waals surface area contributed by atoms with Crippen molar-refractivity contribution in [1.82, 2.24) is 0 Å². The summed E-state index contributed by atoms with van der Waals surface area (Å²) >= 11 is 0. The number of esters is 1. The third-order valence-corrected chi connectivity index (χ3v) is 3.50. The molecule has 1 aromatic rings. The Morgan fingerprint density at radius 3 is 2.39 bits per heavy atom. The molecular weight excluding hydrogens is 323 g/mol. The maximum absolute atomic E-state index is 13.4.